The quantitative estimate of drug-likeness (QED) is 0.287. The van der Waals surface area contributed by atoms with Crippen molar-refractivity contribution in [2.45, 2.75) is 18.5 Å². The Hall–Kier alpha value is -4.19. The van der Waals surface area contributed by atoms with E-state index in [-0.39, 0.29) is 12.1 Å². The second-order valence-electron chi connectivity index (χ2n) is 6.19. The van der Waals surface area contributed by atoms with Gasteiger partial charge in [0.2, 0.25) is 0 Å². The van der Waals surface area contributed by atoms with Gasteiger partial charge < -0.3 is 5.32 Å². The first-order chi connectivity index (χ1) is 15.2. The number of hydrogen-bond acceptors (Lipinski definition) is 7. The molecular formula is C15H5F9N4O6. The highest BCUT2D eigenvalue weighted by atomic mass is 19.4. The molecule has 2 rings (SSSR count). The van der Waals surface area contributed by atoms with E-state index < -0.39 is 90.6 Å². The van der Waals surface area contributed by atoms with Gasteiger partial charge in [-0.25, -0.2) is 0 Å². The number of rotatable bonds is 5. The lowest BCUT2D eigenvalue weighted by molar-refractivity contribution is -0.394. The highest BCUT2D eigenvalue weighted by molar-refractivity contribution is 5.78. The van der Waals surface area contributed by atoms with Gasteiger partial charge in [0.15, 0.2) is 0 Å². The Bertz CT molecular complexity index is 1190. The molecule has 0 heterocycles. The molecule has 0 aliphatic rings. The first-order valence-corrected chi connectivity index (χ1v) is 8.03. The summed E-state index contributed by atoms with van der Waals surface area (Å²) in [5, 5.41) is 34.1. The fourth-order valence-corrected chi connectivity index (χ4v) is 2.66. The van der Waals surface area contributed by atoms with Crippen molar-refractivity contribution in [2.24, 2.45) is 0 Å². The Morgan fingerprint density at radius 3 is 1.44 bits per heavy atom. The van der Waals surface area contributed by atoms with Crippen LogP contribution >= 0.6 is 0 Å². The van der Waals surface area contributed by atoms with E-state index in [1.54, 1.807) is 0 Å². The zero-order valence-corrected chi connectivity index (χ0v) is 15.5. The van der Waals surface area contributed by atoms with Crippen LogP contribution in [0.5, 0.6) is 0 Å². The molecule has 0 radical (unpaired) electrons. The standard InChI is InChI=1S/C15H5F9N4O6/c16-13(17,18)6-4-10(27(31)32)7(14(19,20)21)3-9(6)25-12-8(15(22,23)24)1-5(26(29)30)2-11(12)28(33)34/h1-4,25H. The maximum atomic E-state index is 13.4. The zero-order valence-electron chi connectivity index (χ0n) is 15.5. The fraction of sp³-hybridized carbons (Fsp3) is 0.200. The van der Waals surface area contributed by atoms with Crippen LogP contribution in [-0.4, -0.2) is 14.8 Å². The molecule has 0 saturated heterocycles. The highest BCUT2D eigenvalue weighted by Crippen LogP contribution is 2.48. The van der Waals surface area contributed by atoms with Gasteiger partial charge in [-0.2, -0.15) is 39.5 Å². The van der Waals surface area contributed by atoms with Gasteiger partial charge in [0.05, 0.1) is 37.7 Å². The molecule has 0 saturated carbocycles. The number of halogens is 9. The Morgan fingerprint density at radius 2 is 1.06 bits per heavy atom. The molecule has 0 amide bonds. The Labute approximate surface area is 179 Å². The zero-order chi connectivity index (χ0) is 26.4. The van der Waals surface area contributed by atoms with Gasteiger partial charge in [0, 0.05) is 12.1 Å². The van der Waals surface area contributed by atoms with Crippen molar-refractivity contribution in [1.82, 2.24) is 0 Å². The summed E-state index contributed by atoms with van der Waals surface area (Å²) in [4.78, 5) is 27.9. The van der Waals surface area contributed by atoms with Crippen LogP contribution < -0.4 is 5.32 Å². The average Bonchev–Trinajstić information content (AvgIpc) is 2.64. The Morgan fingerprint density at radius 1 is 0.588 bits per heavy atom. The average molecular weight is 508 g/mol. The maximum absolute atomic E-state index is 13.4. The topological polar surface area (TPSA) is 141 Å². The van der Waals surface area contributed by atoms with Crippen molar-refractivity contribution in [3.8, 4) is 0 Å². The van der Waals surface area contributed by atoms with Gasteiger partial charge in [0.1, 0.15) is 11.3 Å². The molecule has 1 N–H and O–H groups in total. The summed E-state index contributed by atoms with van der Waals surface area (Å²) in [6, 6.07) is -1.53. The Kier molecular flexibility index (Phi) is 6.36. The van der Waals surface area contributed by atoms with Crippen LogP contribution in [0.1, 0.15) is 16.7 Å². The lowest BCUT2D eigenvalue weighted by atomic mass is 10.0. The molecule has 0 unspecified atom stereocenters. The lowest BCUT2D eigenvalue weighted by Gasteiger charge is -2.19. The molecule has 0 aliphatic heterocycles. The molecule has 184 valence electrons. The smallest absolute Gasteiger partial charge is 0.349 e. The van der Waals surface area contributed by atoms with Crippen LogP contribution in [0.2, 0.25) is 0 Å². The van der Waals surface area contributed by atoms with E-state index in [1.165, 1.54) is 5.32 Å². The Balaban J connectivity index is 2.98. The minimum atomic E-state index is -5.69. The predicted molar refractivity (Wildman–Crippen MR) is 91.1 cm³/mol. The summed E-state index contributed by atoms with van der Waals surface area (Å²) in [5.74, 6) is 0. The van der Waals surface area contributed by atoms with Crippen molar-refractivity contribution in [3.63, 3.8) is 0 Å². The SMILES string of the molecule is O=[N+]([O-])c1cc([N+](=O)[O-])c(Nc2cc(C(F)(F)F)c([N+](=O)[O-])cc2C(F)(F)F)c(C(F)(F)F)c1. The third-order valence-corrected chi connectivity index (χ3v) is 4.02. The van der Waals surface area contributed by atoms with Crippen molar-refractivity contribution < 1.29 is 54.3 Å². The molecule has 10 nitrogen and oxygen atoms in total. The van der Waals surface area contributed by atoms with E-state index >= 15 is 0 Å². The van der Waals surface area contributed by atoms with Crippen LogP contribution in [0.15, 0.2) is 24.3 Å². The third kappa shape index (κ3) is 5.23. The number of benzene rings is 2. The summed E-state index contributed by atoms with van der Waals surface area (Å²) in [6.07, 6.45) is -17.0. The summed E-state index contributed by atoms with van der Waals surface area (Å²) >= 11 is 0. The first-order valence-electron chi connectivity index (χ1n) is 8.03. The molecule has 0 aliphatic carbocycles. The van der Waals surface area contributed by atoms with Gasteiger partial charge in [-0.05, 0) is 6.07 Å². The summed E-state index contributed by atoms with van der Waals surface area (Å²) in [6.45, 7) is 0. The summed E-state index contributed by atoms with van der Waals surface area (Å²) in [7, 11) is 0. The van der Waals surface area contributed by atoms with Crippen LogP contribution in [0.3, 0.4) is 0 Å². The number of nitrogens with one attached hydrogen (secondary N) is 1. The molecule has 0 bridgehead atoms. The maximum Gasteiger partial charge on any atom is 0.423 e. The number of anilines is 2. The number of hydrogen-bond donors (Lipinski definition) is 1. The monoisotopic (exact) mass is 508 g/mol. The lowest BCUT2D eigenvalue weighted by Crippen LogP contribution is -2.17. The highest BCUT2D eigenvalue weighted by Gasteiger charge is 2.45. The molecule has 34 heavy (non-hydrogen) atoms. The first kappa shape index (κ1) is 26.1. The van der Waals surface area contributed by atoms with E-state index in [0.29, 0.717) is 0 Å². The number of alkyl halides is 9. The number of non-ortho nitro benzene ring substituents is 1. The van der Waals surface area contributed by atoms with E-state index in [4.69, 9.17) is 0 Å². The van der Waals surface area contributed by atoms with Gasteiger partial charge >= 0.3 is 18.5 Å². The molecule has 0 atom stereocenters. The van der Waals surface area contributed by atoms with E-state index in [2.05, 4.69) is 0 Å². The normalized spacial score (nSPS) is 12.4. The number of nitrogens with zero attached hydrogens (tertiary/aromatic N) is 3. The molecule has 0 aromatic heterocycles. The fourth-order valence-electron chi connectivity index (χ4n) is 2.66. The summed E-state index contributed by atoms with van der Waals surface area (Å²) in [5.41, 5.74) is -16.0. The second-order valence-corrected chi connectivity index (χ2v) is 6.19. The van der Waals surface area contributed by atoms with Crippen LogP contribution in [0.25, 0.3) is 0 Å². The number of nitro groups is 3. The third-order valence-electron chi connectivity index (χ3n) is 4.02. The number of nitro benzene ring substituents is 3. The molecule has 0 fully saturated rings. The predicted octanol–water partition coefficient (Wildman–Crippen LogP) is 6.21. The van der Waals surface area contributed by atoms with Crippen LogP contribution in [0, 0.1) is 30.3 Å². The molecule has 0 spiro atoms. The van der Waals surface area contributed by atoms with Crippen molar-refractivity contribution in [1.29, 1.82) is 0 Å². The minimum Gasteiger partial charge on any atom is -0.349 e. The van der Waals surface area contributed by atoms with Gasteiger partial charge in [-0.15, -0.1) is 0 Å². The molecule has 19 heteroatoms. The van der Waals surface area contributed by atoms with E-state index in [0.717, 1.165) is 0 Å². The summed E-state index contributed by atoms with van der Waals surface area (Å²) < 4.78 is 120. The van der Waals surface area contributed by atoms with Crippen molar-refractivity contribution in [2.75, 3.05) is 5.32 Å². The van der Waals surface area contributed by atoms with Gasteiger partial charge in [0.25, 0.3) is 17.1 Å². The largest absolute Gasteiger partial charge is 0.423 e. The van der Waals surface area contributed by atoms with Crippen molar-refractivity contribution in [3.05, 3.63) is 71.3 Å². The molecule has 2 aromatic carbocycles. The van der Waals surface area contributed by atoms with Crippen molar-refractivity contribution >= 4 is 28.4 Å². The van der Waals surface area contributed by atoms with E-state index in [1.807, 2.05) is 0 Å². The van der Waals surface area contributed by atoms with Crippen LogP contribution in [-0.2, 0) is 18.5 Å². The minimum absolute atomic E-state index is 0.0686. The molecular weight excluding hydrogens is 503 g/mol. The molecule has 2 aromatic rings. The van der Waals surface area contributed by atoms with E-state index in [9.17, 15) is 69.9 Å². The van der Waals surface area contributed by atoms with Crippen LogP contribution in [0.4, 0.5) is 68.0 Å². The van der Waals surface area contributed by atoms with Gasteiger partial charge in [-0.3, -0.25) is 30.3 Å². The van der Waals surface area contributed by atoms with Gasteiger partial charge in [-0.1, -0.05) is 0 Å². The second kappa shape index (κ2) is 8.30.